The molecule has 0 amide bonds. The summed E-state index contributed by atoms with van der Waals surface area (Å²) in [4.78, 5) is 28.3. The van der Waals surface area contributed by atoms with Gasteiger partial charge in [-0.15, -0.1) is 0 Å². The van der Waals surface area contributed by atoms with Gasteiger partial charge in [-0.25, -0.2) is 8.78 Å². The Morgan fingerprint density at radius 1 is 0.750 bits per heavy atom. The van der Waals surface area contributed by atoms with Crippen LogP contribution in [0.4, 0.5) is 20.2 Å². The first kappa shape index (κ1) is 33.0. The minimum absolute atomic E-state index is 0.0539. The minimum atomic E-state index is -1.11. The molecule has 5 rings (SSSR count). The molecule has 44 heavy (non-hydrogen) atoms. The van der Waals surface area contributed by atoms with Crippen LogP contribution in [0, 0.1) is 11.6 Å². The molecule has 3 aliphatic heterocycles. The number of carbonyl (C=O) groups excluding carboxylic acids is 2. The maximum absolute atomic E-state index is 17.3. The van der Waals surface area contributed by atoms with Gasteiger partial charge >= 0.3 is 7.12 Å². The van der Waals surface area contributed by atoms with Crippen molar-refractivity contribution >= 4 is 52.5 Å². The van der Waals surface area contributed by atoms with Gasteiger partial charge < -0.3 is 28.6 Å². The first-order chi connectivity index (χ1) is 20.6. The van der Waals surface area contributed by atoms with Crippen LogP contribution in [0.5, 0.6) is 0 Å². The Hall–Kier alpha value is -2.38. The van der Waals surface area contributed by atoms with E-state index in [1.165, 1.54) is 12.1 Å². The van der Waals surface area contributed by atoms with Crippen molar-refractivity contribution in [2.24, 2.45) is 0 Å². The molecule has 0 aromatic heterocycles. The third-order valence-corrected chi connectivity index (χ3v) is 9.63. The van der Waals surface area contributed by atoms with E-state index in [1.807, 2.05) is 55.4 Å². The standard InChI is InChI=1S/C32H40BBrF2N2O6/c1-17-11-37(12-18(2)41-17)29-21(15-39)9-23(33-43-31(5,6)32(7,8)44-33)25(27(29)35)26-24(34)10-22(16-40)30(28(26)36)38-13-19(3)42-20(4)14-38/h9-10,15-20H,11-14H2,1-8H3. The third kappa shape index (κ3) is 5.84. The molecule has 3 fully saturated rings. The third-order valence-electron chi connectivity index (χ3n) is 9.01. The van der Waals surface area contributed by atoms with Gasteiger partial charge in [0.15, 0.2) is 24.2 Å². The fraction of sp³-hybridized carbons (Fsp3) is 0.562. The molecule has 2 aromatic rings. The van der Waals surface area contributed by atoms with Crippen LogP contribution in [0.15, 0.2) is 16.6 Å². The van der Waals surface area contributed by atoms with E-state index in [9.17, 15) is 9.59 Å². The highest BCUT2D eigenvalue weighted by molar-refractivity contribution is 9.10. The first-order valence-corrected chi connectivity index (χ1v) is 15.8. The summed E-state index contributed by atoms with van der Waals surface area (Å²) in [5.41, 5.74) is -1.26. The van der Waals surface area contributed by atoms with Gasteiger partial charge in [-0.1, -0.05) is 15.9 Å². The Bertz CT molecular complexity index is 1440. The molecule has 238 valence electrons. The van der Waals surface area contributed by atoms with Crippen molar-refractivity contribution in [3.8, 4) is 11.1 Å². The van der Waals surface area contributed by atoms with E-state index >= 15 is 8.78 Å². The number of hydrogen-bond donors (Lipinski definition) is 0. The van der Waals surface area contributed by atoms with Crippen LogP contribution in [0.2, 0.25) is 0 Å². The minimum Gasteiger partial charge on any atom is -0.399 e. The van der Waals surface area contributed by atoms with Crippen LogP contribution < -0.4 is 15.3 Å². The number of hydrogen-bond acceptors (Lipinski definition) is 8. The number of benzene rings is 2. The van der Waals surface area contributed by atoms with Crippen molar-refractivity contribution in [2.45, 2.75) is 91.0 Å². The average Bonchev–Trinajstić information content (AvgIpc) is 3.13. The van der Waals surface area contributed by atoms with E-state index in [0.717, 1.165) is 0 Å². The van der Waals surface area contributed by atoms with E-state index in [-0.39, 0.29) is 68.0 Å². The summed E-state index contributed by atoms with van der Waals surface area (Å²) >= 11 is 3.46. The zero-order valence-electron chi connectivity index (χ0n) is 26.5. The quantitative estimate of drug-likeness (QED) is 0.292. The van der Waals surface area contributed by atoms with E-state index in [2.05, 4.69) is 15.9 Å². The van der Waals surface area contributed by atoms with Crippen LogP contribution in [-0.2, 0) is 18.8 Å². The maximum atomic E-state index is 17.3. The van der Waals surface area contributed by atoms with Crippen LogP contribution in [0.3, 0.4) is 0 Å². The predicted octanol–water partition coefficient (Wildman–Crippen LogP) is 5.55. The van der Waals surface area contributed by atoms with E-state index in [0.29, 0.717) is 38.8 Å². The Morgan fingerprint density at radius 3 is 1.55 bits per heavy atom. The van der Waals surface area contributed by atoms with Crippen molar-refractivity contribution in [1.82, 2.24) is 0 Å². The maximum Gasteiger partial charge on any atom is 0.495 e. The topological polar surface area (TPSA) is 77.5 Å². The summed E-state index contributed by atoms with van der Waals surface area (Å²) in [6.07, 6.45) is 0.314. The highest BCUT2D eigenvalue weighted by Gasteiger charge is 2.53. The molecule has 0 aliphatic carbocycles. The monoisotopic (exact) mass is 676 g/mol. The summed E-state index contributed by atoms with van der Waals surface area (Å²) in [5, 5.41) is 0. The zero-order valence-corrected chi connectivity index (χ0v) is 28.1. The summed E-state index contributed by atoms with van der Waals surface area (Å²) in [6, 6.07) is 3.04. The van der Waals surface area contributed by atoms with E-state index < -0.39 is 30.0 Å². The number of nitrogens with zero attached hydrogens (tertiary/aromatic N) is 2. The number of carbonyl (C=O) groups is 2. The van der Waals surface area contributed by atoms with E-state index in [1.54, 1.807) is 9.80 Å². The molecule has 4 unspecified atom stereocenters. The lowest BCUT2D eigenvalue weighted by atomic mass is 9.72. The van der Waals surface area contributed by atoms with Crippen LogP contribution in [0.25, 0.3) is 11.1 Å². The first-order valence-electron chi connectivity index (χ1n) is 15.0. The van der Waals surface area contributed by atoms with Crippen LogP contribution in [0.1, 0.15) is 76.1 Å². The average molecular weight is 677 g/mol. The molecule has 0 bridgehead atoms. The number of rotatable bonds is 6. The molecule has 3 aliphatic rings. The second-order valence-electron chi connectivity index (χ2n) is 13.2. The van der Waals surface area contributed by atoms with Gasteiger partial charge in [0.05, 0.1) is 47.0 Å². The Balaban J connectivity index is 1.81. The predicted molar refractivity (Wildman–Crippen MR) is 170 cm³/mol. The fourth-order valence-electron chi connectivity index (χ4n) is 6.49. The smallest absolute Gasteiger partial charge is 0.399 e. The molecule has 0 radical (unpaired) electrons. The van der Waals surface area contributed by atoms with Gasteiger partial charge in [-0.05, 0) is 73.0 Å². The molecule has 4 atom stereocenters. The van der Waals surface area contributed by atoms with Crippen molar-refractivity contribution in [3.05, 3.63) is 39.4 Å². The summed E-state index contributed by atoms with van der Waals surface area (Å²) in [7, 11) is -1.11. The van der Waals surface area contributed by atoms with Gasteiger partial charge in [0, 0.05) is 52.9 Å². The largest absolute Gasteiger partial charge is 0.495 e. The number of aldehydes is 2. The molecule has 3 saturated heterocycles. The highest BCUT2D eigenvalue weighted by atomic mass is 79.9. The Kier molecular flexibility index (Phi) is 9.07. The molecular formula is C32H40BBrF2N2O6. The molecule has 12 heteroatoms. The summed E-state index contributed by atoms with van der Waals surface area (Å²) in [6.45, 7) is 16.3. The van der Waals surface area contributed by atoms with Crippen molar-refractivity contribution < 1.29 is 37.2 Å². The molecule has 2 aromatic carbocycles. The van der Waals surface area contributed by atoms with Crippen LogP contribution in [-0.4, -0.2) is 81.5 Å². The zero-order chi connectivity index (χ0) is 32.3. The van der Waals surface area contributed by atoms with Gasteiger partial charge in [0.2, 0.25) is 0 Å². The van der Waals surface area contributed by atoms with Gasteiger partial charge in [0.25, 0.3) is 0 Å². The fourth-order valence-corrected chi connectivity index (χ4v) is 7.11. The Morgan fingerprint density at radius 2 is 1.14 bits per heavy atom. The highest BCUT2D eigenvalue weighted by Crippen LogP contribution is 2.44. The molecule has 0 N–H and O–H groups in total. The Labute approximate surface area is 266 Å². The second kappa shape index (κ2) is 12.1. The summed E-state index contributed by atoms with van der Waals surface area (Å²) < 4.78 is 59.0. The lowest BCUT2D eigenvalue weighted by Crippen LogP contribution is -2.47. The SMILES string of the molecule is CC1CN(c2c(C=O)cc(Br)c(-c3c(B4OC(C)(C)C(C)(C)O4)cc(C=O)c(N4CC(C)OC(C)C4)c3F)c2F)CC(C)O1. The number of anilines is 2. The number of ether oxygens (including phenoxy) is 2. The molecular weight excluding hydrogens is 637 g/mol. The summed E-state index contributed by atoms with van der Waals surface area (Å²) in [5.74, 6) is -1.55. The normalized spacial score (nSPS) is 26.7. The molecule has 0 spiro atoms. The van der Waals surface area contributed by atoms with Gasteiger partial charge in [0.1, 0.15) is 0 Å². The number of morpholine rings is 2. The lowest BCUT2D eigenvalue weighted by molar-refractivity contribution is -0.00571. The molecule has 8 nitrogen and oxygen atoms in total. The van der Waals surface area contributed by atoms with Crippen LogP contribution >= 0.6 is 15.9 Å². The number of halogens is 3. The van der Waals surface area contributed by atoms with E-state index in [4.69, 9.17) is 18.8 Å². The van der Waals surface area contributed by atoms with Gasteiger partial charge in [-0.3, -0.25) is 9.59 Å². The molecule has 3 heterocycles. The van der Waals surface area contributed by atoms with Crippen molar-refractivity contribution in [2.75, 3.05) is 36.0 Å². The molecule has 0 saturated carbocycles. The van der Waals surface area contributed by atoms with Gasteiger partial charge in [-0.2, -0.15) is 0 Å². The lowest BCUT2D eigenvalue weighted by Gasteiger charge is -2.38. The second-order valence-corrected chi connectivity index (χ2v) is 14.1. The van der Waals surface area contributed by atoms with Crippen molar-refractivity contribution in [1.29, 1.82) is 0 Å². The van der Waals surface area contributed by atoms with Crippen molar-refractivity contribution in [3.63, 3.8) is 0 Å².